The third-order valence-electron chi connectivity index (χ3n) is 4.42. The minimum atomic E-state index is -3.15. The molecule has 0 spiro atoms. The van der Waals surface area contributed by atoms with Crippen LogP contribution < -0.4 is 0 Å². The second-order valence-corrected chi connectivity index (χ2v) is 8.87. The Morgan fingerprint density at radius 2 is 2.00 bits per heavy atom. The topological polar surface area (TPSA) is 54.5 Å². The second kappa shape index (κ2) is 6.08. The zero-order chi connectivity index (χ0) is 15.7. The molecule has 0 N–H and O–H groups in total. The van der Waals surface area contributed by atoms with Crippen molar-refractivity contribution in [3.8, 4) is 0 Å². The Morgan fingerprint density at radius 3 is 2.57 bits per heavy atom. The van der Waals surface area contributed by atoms with Gasteiger partial charge in [-0.25, -0.2) is 8.42 Å². The fraction of sp³-hybridized carbons (Fsp3) is 0.533. The first-order valence-corrected chi connectivity index (χ1v) is 9.57. The SMILES string of the molecule is CCC1(CC)CN(C(=O)c2cccc(Br)c2)CCS1(=O)=O. The molecule has 0 unspecified atom stereocenters. The van der Waals surface area contributed by atoms with Crippen molar-refractivity contribution in [1.29, 1.82) is 0 Å². The number of rotatable bonds is 3. The first-order valence-electron chi connectivity index (χ1n) is 7.12. The highest BCUT2D eigenvalue weighted by Crippen LogP contribution is 2.32. The largest absolute Gasteiger partial charge is 0.336 e. The summed E-state index contributed by atoms with van der Waals surface area (Å²) in [5, 5.41) is 0. The van der Waals surface area contributed by atoms with Crippen LogP contribution in [0.25, 0.3) is 0 Å². The molecule has 0 aliphatic carbocycles. The fourth-order valence-corrected chi connectivity index (χ4v) is 5.39. The van der Waals surface area contributed by atoms with Crippen LogP contribution in [0.4, 0.5) is 0 Å². The van der Waals surface area contributed by atoms with E-state index in [4.69, 9.17) is 0 Å². The highest BCUT2D eigenvalue weighted by atomic mass is 79.9. The van der Waals surface area contributed by atoms with Crippen LogP contribution in [-0.4, -0.2) is 42.8 Å². The van der Waals surface area contributed by atoms with Crippen molar-refractivity contribution in [1.82, 2.24) is 4.90 Å². The lowest BCUT2D eigenvalue weighted by Crippen LogP contribution is -2.57. The molecule has 0 atom stereocenters. The Morgan fingerprint density at radius 1 is 1.33 bits per heavy atom. The van der Waals surface area contributed by atoms with E-state index in [1.807, 2.05) is 26.0 Å². The predicted octanol–water partition coefficient (Wildman–Crippen LogP) is 2.88. The Balaban J connectivity index is 2.29. The van der Waals surface area contributed by atoms with Crippen LogP contribution in [0.15, 0.2) is 28.7 Å². The summed E-state index contributed by atoms with van der Waals surface area (Å²) in [6, 6.07) is 7.20. The summed E-state index contributed by atoms with van der Waals surface area (Å²) >= 11 is 3.36. The number of amides is 1. The van der Waals surface area contributed by atoms with Gasteiger partial charge in [0.1, 0.15) is 0 Å². The molecule has 4 nitrogen and oxygen atoms in total. The summed E-state index contributed by atoms with van der Waals surface area (Å²) in [7, 11) is -3.15. The lowest BCUT2D eigenvalue weighted by molar-refractivity contribution is 0.0733. The van der Waals surface area contributed by atoms with Crippen molar-refractivity contribution in [2.45, 2.75) is 31.4 Å². The van der Waals surface area contributed by atoms with Gasteiger partial charge in [0, 0.05) is 23.1 Å². The molecule has 21 heavy (non-hydrogen) atoms. The molecule has 1 aromatic carbocycles. The van der Waals surface area contributed by atoms with E-state index in [2.05, 4.69) is 15.9 Å². The number of carbonyl (C=O) groups excluding carboxylic acids is 1. The number of sulfone groups is 1. The van der Waals surface area contributed by atoms with Gasteiger partial charge in [0.15, 0.2) is 9.84 Å². The molecule has 1 amide bonds. The van der Waals surface area contributed by atoms with Crippen LogP contribution >= 0.6 is 15.9 Å². The summed E-state index contributed by atoms with van der Waals surface area (Å²) in [6.45, 7) is 4.32. The van der Waals surface area contributed by atoms with E-state index in [1.165, 1.54) is 0 Å². The molecule has 1 saturated heterocycles. The normalized spacial score (nSPS) is 20.2. The maximum Gasteiger partial charge on any atom is 0.253 e. The van der Waals surface area contributed by atoms with Crippen molar-refractivity contribution in [2.24, 2.45) is 0 Å². The average molecular weight is 374 g/mol. The second-order valence-electron chi connectivity index (χ2n) is 5.45. The highest BCUT2D eigenvalue weighted by Gasteiger charge is 2.46. The van der Waals surface area contributed by atoms with E-state index in [0.29, 0.717) is 18.4 Å². The van der Waals surface area contributed by atoms with Gasteiger partial charge in [-0.3, -0.25) is 4.79 Å². The zero-order valence-corrected chi connectivity index (χ0v) is 14.7. The van der Waals surface area contributed by atoms with E-state index in [0.717, 1.165) is 4.47 Å². The molecule has 0 bridgehead atoms. The van der Waals surface area contributed by atoms with Crippen molar-refractivity contribution in [3.05, 3.63) is 34.3 Å². The maximum atomic E-state index is 12.6. The Bertz CT molecular complexity index is 638. The number of carbonyl (C=O) groups is 1. The standard InChI is InChI=1S/C15H20BrNO3S/c1-3-15(4-2)11-17(8-9-21(15,19)20)14(18)12-6-5-7-13(16)10-12/h5-7,10H,3-4,8-9,11H2,1-2H3. The molecular formula is C15H20BrNO3S. The number of hydrogen-bond acceptors (Lipinski definition) is 3. The van der Waals surface area contributed by atoms with Crippen LogP contribution in [0, 0.1) is 0 Å². The number of hydrogen-bond donors (Lipinski definition) is 0. The van der Waals surface area contributed by atoms with Crippen LogP contribution in [0.5, 0.6) is 0 Å². The van der Waals surface area contributed by atoms with Crippen LogP contribution in [0.3, 0.4) is 0 Å². The fourth-order valence-electron chi connectivity index (χ4n) is 2.86. The molecule has 1 fully saturated rings. The van der Waals surface area contributed by atoms with Gasteiger partial charge in [0.2, 0.25) is 0 Å². The Kier molecular flexibility index (Phi) is 4.78. The van der Waals surface area contributed by atoms with E-state index >= 15 is 0 Å². The smallest absolute Gasteiger partial charge is 0.253 e. The molecule has 1 heterocycles. The summed E-state index contributed by atoms with van der Waals surface area (Å²) in [6.07, 6.45) is 1.07. The predicted molar refractivity (Wildman–Crippen MR) is 87.1 cm³/mol. The Labute approximate surface area is 134 Å². The monoisotopic (exact) mass is 373 g/mol. The van der Waals surface area contributed by atoms with Crippen molar-refractivity contribution in [2.75, 3.05) is 18.8 Å². The summed E-state index contributed by atoms with van der Waals surface area (Å²) in [5.74, 6) is -0.0495. The lowest BCUT2D eigenvalue weighted by Gasteiger charge is -2.41. The van der Waals surface area contributed by atoms with E-state index < -0.39 is 14.6 Å². The number of halogens is 1. The zero-order valence-electron chi connectivity index (χ0n) is 12.3. The van der Waals surface area contributed by atoms with Crippen molar-refractivity contribution < 1.29 is 13.2 Å². The minimum Gasteiger partial charge on any atom is -0.336 e. The maximum absolute atomic E-state index is 12.6. The van der Waals surface area contributed by atoms with E-state index in [1.54, 1.807) is 17.0 Å². The first-order chi connectivity index (χ1) is 9.85. The molecule has 0 aromatic heterocycles. The van der Waals surface area contributed by atoms with Gasteiger partial charge in [0.05, 0.1) is 10.5 Å². The van der Waals surface area contributed by atoms with Gasteiger partial charge in [-0.05, 0) is 31.0 Å². The number of benzene rings is 1. The van der Waals surface area contributed by atoms with Crippen LogP contribution in [0.2, 0.25) is 0 Å². The molecule has 6 heteroatoms. The van der Waals surface area contributed by atoms with Gasteiger partial charge in [-0.15, -0.1) is 0 Å². The third-order valence-corrected chi connectivity index (χ3v) is 7.66. The highest BCUT2D eigenvalue weighted by molar-refractivity contribution is 9.10. The summed E-state index contributed by atoms with van der Waals surface area (Å²) < 4.78 is 24.8. The van der Waals surface area contributed by atoms with Gasteiger partial charge < -0.3 is 4.90 Å². The molecule has 1 aliphatic heterocycles. The van der Waals surface area contributed by atoms with E-state index in [9.17, 15) is 13.2 Å². The molecule has 1 aromatic rings. The molecule has 1 aliphatic rings. The molecular weight excluding hydrogens is 354 g/mol. The van der Waals surface area contributed by atoms with Gasteiger partial charge in [-0.2, -0.15) is 0 Å². The molecule has 116 valence electrons. The van der Waals surface area contributed by atoms with Gasteiger partial charge in [-0.1, -0.05) is 35.8 Å². The molecule has 0 radical (unpaired) electrons. The van der Waals surface area contributed by atoms with E-state index in [-0.39, 0.29) is 24.7 Å². The molecule has 2 rings (SSSR count). The quantitative estimate of drug-likeness (QED) is 0.818. The van der Waals surface area contributed by atoms with Crippen LogP contribution in [-0.2, 0) is 9.84 Å². The van der Waals surface area contributed by atoms with Crippen molar-refractivity contribution in [3.63, 3.8) is 0 Å². The minimum absolute atomic E-state index is 0.0500. The number of nitrogens with zero attached hydrogens (tertiary/aromatic N) is 1. The van der Waals surface area contributed by atoms with Crippen molar-refractivity contribution >= 4 is 31.7 Å². The van der Waals surface area contributed by atoms with Gasteiger partial charge >= 0.3 is 0 Å². The lowest BCUT2D eigenvalue weighted by atomic mass is 10.0. The summed E-state index contributed by atoms with van der Waals surface area (Å²) in [5.41, 5.74) is 0.588. The summed E-state index contributed by atoms with van der Waals surface area (Å²) in [4.78, 5) is 14.3. The molecule has 0 saturated carbocycles. The first kappa shape index (κ1) is 16.5. The third kappa shape index (κ3) is 3.01. The van der Waals surface area contributed by atoms with Crippen LogP contribution in [0.1, 0.15) is 37.0 Å². The van der Waals surface area contributed by atoms with Gasteiger partial charge in [0.25, 0.3) is 5.91 Å². The average Bonchev–Trinajstić information content (AvgIpc) is 2.47. The Hall–Kier alpha value is -0.880.